The SMILES string of the molecule is CCC(CC)C(C)Nc1cnn(CCO)c(=O)c1Br. The maximum absolute atomic E-state index is 12.0. The molecule has 0 saturated heterocycles. The smallest absolute Gasteiger partial charge is 0.283 e. The van der Waals surface area contributed by atoms with Gasteiger partial charge in [0.15, 0.2) is 0 Å². The number of aromatic nitrogens is 2. The number of halogens is 1. The predicted octanol–water partition coefficient (Wildman–Crippen LogP) is 2.23. The molecule has 0 aliphatic rings. The summed E-state index contributed by atoms with van der Waals surface area (Å²) in [7, 11) is 0. The van der Waals surface area contributed by atoms with E-state index >= 15 is 0 Å². The molecule has 0 amide bonds. The zero-order valence-electron chi connectivity index (χ0n) is 11.7. The van der Waals surface area contributed by atoms with Gasteiger partial charge in [-0.25, -0.2) is 4.68 Å². The molecule has 6 heteroatoms. The molecule has 1 atom stereocenters. The van der Waals surface area contributed by atoms with Crippen molar-refractivity contribution in [3.05, 3.63) is 21.0 Å². The van der Waals surface area contributed by atoms with Crippen molar-refractivity contribution in [3.8, 4) is 0 Å². The number of nitrogens with one attached hydrogen (secondary N) is 1. The first-order chi connectivity index (χ1) is 9.04. The summed E-state index contributed by atoms with van der Waals surface area (Å²) in [6.45, 7) is 6.55. The van der Waals surface area contributed by atoms with Gasteiger partial charge in [0.2, 0.25) is 0 Å². The van der Waals surface area contributed by atoms with Crippen LogP contribution >= 0.6 is 15.9 Å². The number of rotatable bonds is 7. The van der Waals surface area contributed by atoms with Crippen LogP contribution in [0.2, 0.25) is 0 Å². The third-order valence-electron chi connectivity index (χ3n) is 3.44. The summed E-state index contributed by atoms with van der Waals surface area (Å²) in [5.41, 5.74) is 0.481. The average molecular weight is 332 g/mol. The first-order valence-corrected chi connectivity index (χ1v) is 7.47. The van der Waals surface area contributed by atoms with Crippen molar-refractivity contribution in [2.45, 2.75) is 46.2 Å². The van der Waals surface area contributed by atoms with Crippen LogP contribution in [0.3, 0.4) is 0 Å². The topological polar surface area (TPSA) is 67.2 Å². The molecule has 5 nitrogen and oxygen atoms in total. The number of aliphatic hydroxyl groups excluding tert-OH is 1. The van der Waals surface area contributed by atoms with Gasteiger partial charge in [-0.3, -0.25) is 4.79 Å². The summed E-state index contributed by atoms with van der Waals surface area (Å²) in [5.74, 6) is 0.562. The van der Waals surface area contributed by atoms with Crippen molar-refractivity contribution in [1.82, 2.24) is 9.78 Å². The van der Waals surface area contributed by atoms with Gasteiger partial charge in [0.05, 0.1) is 25.0 Å². The number of anilines is 1. The largest absolute Gasteiger partial charge is 0.394 e. The van der Waals surface area contributed by atoms with Crippen LogP contribution in [-0.4, -0.2) is 27.5 Å². The van der Waals surface area contributed by atoms with Crippen molar-refractivity contribution in [2.24, 2.45) is 5.92 Å². The summed E-state index contributed by atoms with van der Waals surface area (Å²) >= 11 is 3.31. The van der Waals surface area contributed by atoms with Crippen LogP contribution in [0, 0.1) is 5.92 Å². The zero-order valence-corrected chi connectivity index (χ0v) is 13.3. The molecule has 1 unspecified atom stereocenters. The molecule has 0 bridgehead atoms. The van der Waals surface area contributed by atoms with Crippen molar-refractivity contribution in [1.29, 1.82) is 0 Å². The van der Waals surface area contributed by atoms with Gasteiger partial charge in [-0.15, -0.1) is 0 Å². The Balaban J connectivity index is 2.91. The van der Waals surface area contributed by atoms with Gasteiger partial charge < -0.3 is 10.4 Å². The Labute approximate surface area is 122 Å². The number of hydrogen-bond acceptors (Lipinski definition) is 4. The lowest BCUT2D eigenvalue weighted by molar-refractivity contribution is 0.266. The second kappa shape index (κ2) is 7.65. The van der Waals surface area contributed by atoms with Crippen LogP contribution in [0.1, 0.15) is 33.6 Å². The summed E-state index contributed by atoms with van der Waals surface area (Å²) in [6, 6.07) is 0.279. The molecule has 1 aromatic heterocycles. The lowest BCUT2D eigenvalue weighted by Gasteiger charge is -2.24. The highest BCUT2D eigenvalue weighted by atomic mass is 79.9. The van der Waals surface area contributed by atoms with Gasteiger partial charge in [0, 0.05) is 6.04 Å². The minimum absolute atomic E-state index is 0.101. The van der Waals surface area contributed by atoms with Gasteiger partial charge in [-0.05, 0) is 28.8 Å². The van der Waals surface area contributed by atoms with Crippen LogP contribution in [-0.2, 0) is 6.54 Å². The minimum Gasteiger partial charge on any atom is -0.394 e. The van der Waals surface area contributed by atoms with Crippen molar-refractivity contribution in [3.63, 3.8) is 0 Å². The summed E-state index contributed by atoms with van der Waals surface area (Å²) < 4.78 is 1.71. The van der Waals surface area contributed by atoms with Crippen LogP contribution < -0.4 is 10.9 Å². The molecular weight excluding hydrogens is 310 g/mol. The van der Waals surface area contributed by atoms with Gasteiger partial charge in [0.25, 0.3) is 5.56 Å². The van der Waals surface area contributed by atoms with Gasteiger partial charge in [0.1, 0.15) is 4.47 Å². The maximum atomic E-state index is 12.0. The Bertz CT molecular complexity index is 458. The van der Waals surface area contributed by atoms with Crippen molar-refractivity contribution >= 4 is 21.6 Å². The van der Waals surface area contributed by atoms with Gasteiger partial charge in [-0.2, -0.15) is 5.10 Å². The first-order valence-electron chi connectivity index (χ1n) is 6.68. The van der Waals surface area contributed by atoms with E-state index in [0.717, 1.165) is 12.8 Å². The Hall–Kier alpha value is -0.880. The average Bonchev–Trinajstić information content (AvgIpc) is 2.40. The lowest BCUT2D eigenvalue weighted by atomic mass is 9.95. The highest BCUT2D eigenvalue weighted by Crippen LogP contribution is 2.21. The molecule has 1 aromatic rings. The maximum Gasteiger partial charge on any atom is 0.283 e. The molecule has 2 N–H and O–H groups in total. The lowest BCUT2D eigenvalue weighted by Crippen LogP contribution is -2.29. The normalized spacial score (nSPS) is 12.7. The van der Waals surface area contributed by atoms with Gasteiger partial charge in [-0.1, -0.05) is 26.7 Å². The molecule has 0 spiro atoms. The molecule has 1 heterocycles. The van der Waals surface area contributed by atoms with Crippen LogP contribution in [0.4, 0.5) is 5.69 Å². The Morgan fingerprint density at radius 1 is 1.47 bits per heavy atom. The summed E-state index contributed by atoms with van der Waals surface area (Å²) in [6.07, 6.45) is 3.81. The summed E-state index contributed by atoms with van der Waals surface area (Å²) in [4.78, 5) is 12.0. The second-order valence-electron chi connectivity index (χ2n) is 4.63. The van der Waals surface area contributed by atoms with E-state index in [-0.39, 0.29) is 24.8 Å². The molecule has 108 valence electrons. The van der Waals surface area contributed by atoms with Crippen molar-refractivity contribution in [2.75, 3.05) is 11.9 Å². The minimum atomic E-state index is -0.226. The first kappa shape index (κ1) is 16.2. The third-order valence-corrected chi connectivity index (χ3v) is 4.20. The monoisotopic (exact) mass is 331 g/mol. The molecule has 0 aliphatic carbocycles. The molecule has 1 rings (SSSR count). The van der Waals surface area contributed by atoms with E-state index in [9.17, 15) is 4.79 Å². The number of nitrogens with zero attached hydrogens (tertiary/aromatic N) is 2. The van der Waals surface area contributed by atoms with Crippen molar-refractivity contribution < 1.29 is 5.11 Å². The molecule has 0 fully saturated rings. The Morgan fingerprint density at radius 2 is 2.11 bits per heavy atom. The molecule has 0 aliphatic heterocycles. The second-order valence-corrected chi connectivity index (χ2v) is 5.43. The number of aliphatic hydroxyl groups is 1. The zero-order chi connectivity index (χ0) is 14.4. The molecular formula is C13H22BrN3O2. The van der Waals surface area contributed by atoms with E-state index in [1.54, 1.807) is 6.20 Å². The molecule has 0 aromatic carbocycles. The fourth-order valence-electron chi connectivity index (χ4n) is 2.18. The van der Waals surface area contributed by atoms with Gasteiger partial charge >= 0.3 is 0 Å². The van der Waals surface area contributed by atoms with Crippen LogP contribution in [0.15, 0.2) is 15.5 Å². The molecule has 0 saturated carbocycles. The van der Waals surface area contributed by atoms with E-state index in [2.05, 4.69) is 47.1 Å². The fourth-order valence-corrected chi connectivity index (χ4v) is 2.60. The van der Waals surface area contributed by atoms with E-state index < -0.39 is 0 Å². The van der Waals surface area contributed by atoms with E-state index in [1.165, 1.54) is 4.68 Å². The Kier molecular flexibility index (Phi) is 6.51. The number of hydrogen-bond donors (Lipinski definition) is 2. The molecule has 19 heavy (non-hydrogen) atoms. The van der Waals surface area contributed by atoms with E-state index in [0.29, 0.717) is 16.1 Å². The van der Waals surface area contributed by atoms with E-state index in [1.807, 2.05) is 0 Å². The van der Waals surface area contributed by atoms with E-state index in [4.69, 9.17) is 5.11 Å². The Morgan fingerprint density at radius 3 is 2.63 bits per heavy atom. The highest BCUT2D eigenvalue weighted by molar-refractivity contribution is 9.10. The summed E-state index contributed by atoms with van der Waals surface area (Å²) in [5, 5.41) is 16.2. The highest BCUT2D eigenvalue weighted by Gasteiger charge is 2.16. The fraction of sp³-hybridized carbons (Fsp3) is 0.692. The quantitative estimate of drug-likeness (QED) is 0.804. The standard InChI is InChI=1S/C13H22BrN3O2/c1-4-10(5-2)9(3)16-11-8-15-17(6-7-18)13(19)12(11)14/h8-10,16,18H,4-7H2,1-3H3. The predicted molar refractivity (Wildman–Crippen MR) is 80.4 cm³/mol. The van der Waals surface area contributed by atoms with Crippen LogP contribution in [0.5, 0.6) is 0 Å². The molecule has 0 radical (unpaired) electrons. The van der Waals surface area contributed by atoms with Crippen LogP contribution in [0.25, 0.3) is 0 Å². The third kappa shape index (κ3) is 4.04.